The fourth-order valence-corrected chi connectivity index (χ4v) is 3.98. The molecular weight excluding hydrogens is 344 g/mol. The number of carbonyl (C=O) groups excluding carboxylic acids is 1. The first-order chi connectivity index (χ1) is 11.3. The molecule has 0 saturated carbocycles. The summed E-state index contributed by atoms with van der Waals surface area (Å²) < 4.78 is 56.4. The molecule has 9 heteroatoms. The molecule has 1 aromatic carbocycles. The molecule has 0 aliphatic carbocycles. The third-order valence-corrected chi connectivity index (χ3v) is 5.18. The van der Waals surface area contributed by atoms with Crippen LogP contribution in [0.2, 0.25) is 0 Å². The van der Waals surface area contributed by atoms with Crippen molar-refractivity contribution >= 4 is 21.8 Å². The number of carbonyl (C=O) groups is 1. The van der Waals surface area contributed by atoms with Crippen LogP contribution in [0.15, 0.2) is 24.3 Å². The van der Waals surface area contributed by atoms with E-state index in [1.807, 2.05) is 0 Å². The number of amides is 1. The van der Waals surface area contributed by atoms with Gasteiger partial charge in [-0.2, -0.15) is 8.78 Å². The van der Waals surface area contributed by atoms with Crippen LogP contribution >= 0.6 is 0 Å². The van der Waals surface area contributed by atoms with Gasteiger partial charge in [0, 0.05) is 12.1 Å². The topological polar surface area (TPSA) is 81.7 Å². The highest BCUT2D eigenvalue weighted by Crippen LogP contribution is 2.29. The second-order valence-corrected chi connectivity index (χ2v) is 7.46. The van der Waals surface area contributed by atoms with Crippen LogP contribution in [0.4, 0.5) is 8.78 Å². The third-order valence-electron chi connectivity index (χ3n) is 3.41. The Labute approximate surface area is 138 Å². The molecule has 2 rings (SSSR count). The molecule has 1 aliphatic heterocycles. The summed E-state index contributed by atoms with van der Waals surface area (Å²) in [6, 6.07) is 3.86. The minimum absolute atomic E-state index is 0.0555. The van der Waals surface area contributed by atoms with Crippen LogP contribution in [-0.2, 0) is 14.6 Å². The van der Waals surface area contributed by atoms with E-state index in [-0.39, 0.29) is 29.0 Å². The van der Waals surface area contributed by atoms with E-state index in [4.69, 9.17) is 4.74 Å². The van der Waals surface area contributed by atoms with E-state index in [9.17, 15) is 22.0 Å². The summed E-state index contributed by atoms with van der Waals surface area (Å²) in [5.74, 6) is -0.404. The molecule has 1 fully saturated rings. The maximum atomic E-state index is 12.3. The molecule has 1 atom stereocenters. The number of sulfone groups is 1. The maximum absolute atomic E-state index is 12.3. The zero-order chi connectivity index (χ0) is 17.7. The Morgan fingerprint density at radius 3 is 2.71 bits per heavy atom. The van der Waals surface area contributed by atoms with Crippen molar-refractivity contribution in [2.75, 3.05) is 18.6 Å². The summed E-state index contributed by atoms with van der Waals surface area (Å²) >= 11 is 0. The molecule has 1 saturated heterocycles. The smallest absolute Gasteiger partial charge is 0.387 e. The summed E-state index contributed by atoms with van der Waals surface area (Å²) in [7, 11) is -1.75. The summed E-state index contributed by atoms with van der Waals surface area (Å²) in [5.41, 5.74) is 0.544. The molecule has 1 amide bonds. The molecule has 1 unspecified atom stereocenters. The number of methoxy groups -OCH3 is 1. The quantitative estimate of drug-likeness (QED) is 0.779. The van der Waals surface area contributed by atoms with Gasteiger partial charge in [0.1, 0.15) is 0 Å². The lowest BCUT2D eigenvalue weighted by Gasteiger charge is -2.10. The summed E-state index contributed by atoms with van der Waals surface area (Å²) in [5, 5.41) is 2.61. The molecule has 1 aliphatic rings. The highest BCUT2D eigenvalue weighted by atomic mass is 32.2. The van der Waals surface area contributed by atoms with Crippen molar-refractivity contribution in [3.05, 3.63) is 29.8 Å². The summed E-state index contributed by atoms with van der Waals surface area (Å²) in [4.78, 5) is 11.8. The lowest BCUT2D eigenvalue weighted by Crippen LogP contribution is -2.34. The lowest BCUT2D eigenvalue weighted by atomic mass is 10.2. The summed E-state index contributed by atoms with van der Waals surface area (Å²) in [6.07, 6.45) is 3.11. The number of rotatable bonds is 6. The van der Waals surface area contributed by atoms with Gasteiger partial charge in [-0.1, -0.05) is 6.07 Å². The Morgan fingerprint density at radius 2 is 2.12 bits per heavy atom. The number of hydrogen-bond donors (Lipinski definition) is 1. The average Bonchev–Trinajstić information content (AvgIpc) is 2.84. The van der Waals surface area contributed by atoms with Crippen LogP contribution in [0.25, 0.3) is 6.08 Å². The van der Waals surface area contributed by atoms with Crippen molar-refractivity contribution in [3.63, 3.8) is 0 Å². The Hall–Kier alpha value is -2.16. The highest BCUT2D eigenvalue weighted by Gasteiger charge is 2.28. The van der Waals surface area contributed by atoms with Crippen molar-refractivity contribution in [1.29, 1.82) is 0 Å². The van der Waals surface area contributed by atoms with E-state index in [2.05, 4.69) is 10.1 Å². The number of alkyl halides is 2. The molecule has 132 valence electrons. The minimum Gasteiger partial charge on any atom is -0.493 e. The molecule has 1 N–H and O–H groups in total. The van der Waals surface area contributed by atoms with Crippen molar-refractivity contribution in [1.82, 2.24) is 5.32 Å². The lowest BCUT2D eigenvalue weighted by molar-refractivity contribution is -0.116. The number of halogens is 2. The zero-order valence-corrected chi connectivity index (χ0v) is 13.7. The Bertz CT molecular complexity index is 733. The van der Waals surface area contributed by atoms with Crippen LogP contribution < -0.4 is 14.8 Å². The van der Waals surface area contributed by atoms with Gasteiger partial charge in [-0.05, 0) is 30.2 Å². The fourth-order valence-electron chi connectivity index (χ4n) is 2.31. The first-order valence-corrected chi connectivity index (χ1v) is 8.93. The van der Waals surface area contributed by atoms with Gasteiger partial charge >= 0.3 is 6.61 Å². The van der Waals surface area contributed by atoms with E-state index < -0.39 is 22.4 Å². The van der Waals surface area contributed by atoms with Crippen LogP contribution in [-0.4, -0.2) is 45.6 Å². The number of benzene rings is 1. The Morgan fingerprint density at radius 1 is 1.38 bits per heavy atom. The van der Waals surface area contributed by atoms with Crippen LogP contribution in [0.3, 0.4) is 0 Å². The van der Waals surface area contributed by atoms with Gasteiger partial charge in [-0.3, -0.25) is 4.79 Å². The SMILES string of the molecule is COc1cc(/C=C/C(=O)NC2CCS(=O)(=O)C2)ccc1OC(F)F. The first-order valence-electron chi connectivity index (χ1n) is 7.11. The van der Waals surface area contributed by atoms with Crippen molar-refractivity contribution < 1.29 is 31.5 Å². The standard InChI is InChI=1S/C15H17F2NO5S/c1-22-13-8-10(2-4-12(13)23-15(16)17)3-5-14(19)18-11-6-7-24(20,21)9-11/h2-5,8,11,15H,6-7,9H2,1H3,(H,18,19)/b5-3+. The maximum Gasteiger partial charge on any atom is 0.387 e. The Kier molecular flexibility index (Phi) is 5.76. The predicted molar refractivity (Wildman–Crippen MR) is 83.9 cm³/mol. The molecule has 24 heavy (non-hydrogen) atoms. The predicted octanol–water partition coefficient (Wildman–Crippen LogP) is 1.61. The monoisotopic (exact) mass is 361 g/mol. The minimum atomic E-state index is -3.06. The van der Waals surface area contributed by atoms with Gasteiger partial charge in [-0.25, -0.2) is 8.42 Å². The van der Waals surface area contributed by atoms with Crippen LogP contribution in [0.5, 0.6) is 11.5 Å². The molecule has 1 aromatic rings. The van der Waals surface area contributed by atoms with E-state index >= 15 is 0 Å². The molecule has 1 heterocycles. The highest BCUT2D eigenvalue weighted by molar-refractivity contribution is 7.91. The molecule has 6 nitrogen and oxygen atoms in total. The zero-order valence-electron chi connectivity index (χ0n) is 12.9. The number of hydrogen-bond acceptors (Lipinski definition) is 5. The first kappa shape index (κ1) is 18.2. The van der Waals surface area contributed by atoms with Gasteiger partial charge in [0.2, 0.25) is 5.91 Å². The van der Waals surface area contributed by atoms with Crippen LogP contribution in [0, 0.1) is 0 Å². The van der Waals surface area contributed by atoms with Crippen molar-refractivity contribution in [2.45, 2.75) is 19.1 Å². The number of ether oxygens (including phenoxy) is 2. The normalized spacial score (nSPS) is 19.6. The van der Waals surface area contributed by atoms with E-state index in [1.165, 1.54) is 37.5 Å². The van der Waals surface area contributed by atoms with Crippen LogP contribution in [0.1, 0.15) is 12.0 Å². The fraction of sp³-hybridized carbons (Fsp3) is 0.400. The molecular formula is C15H17F2NO5S. The van der Waals surface area contributed by atoms with Gasteiger partial charge < -0.3 is 14.8 Å². The van der Waals surface area contributed by atoms with Gasteiger partial charge in [0.25, 0.3) is 0 Å². The number of nitrogens with one attached hydrogen (secondary N) is 1. The second-order valence-electron chi connectivity index (χ2n) is 5.23. The van der Waals surface area contributed by atoms with E-state index in [0.717, 1.165) is 0 Å². The van der Waals surface area contributed by atoms with E-state index in [1.54, 1.807) is 0 Å². The van der Waals surface area contributed by atoms with E-state index in [0.29, 0.717) is 12.0 Å². The Balaban J connectivity index is 1.99. The van der Waals surface area contributed by atoms with Gasteiger partial charge in [0.05, 0.1) is 18.6 Å². The van der Waals surface area contributed by atoms with Gasteiger partial charge in [0.15, 0.2) is 21.3 Å². The summed E-state index contributed by atoms with van der Waals surface area (Å²) in [6.45, 7) is -2.96. The van der Waals surface area contributed by atoms with Crippen molar-refractivity contribution in [2.24, 2.45) is 0 Å². The largest absolute Gasteiger partial charge is 0.493 e. The molecule has 0 spiro atoms. The molecule has 0 radical (unpaired) electrons. The molecule has 0 bridgehead atoms. The second kappa shape index (κ2) is 7.61. The average molecular weight is 361 g/mol. The third kappa shape index (κ3) is 5.19. The molecule has 0 aromatic heterocycles. The van der Waals surface area contributed by atoms with Crippen molar-refractivity contribution in [3.8, 4) is 11.5 Å². The van der Waals surface area contributed by atoms with Gasteiger partial charge in [-0.15, -0.1) is 0 Å².